The van der Waals surface area contributed by atoms with Gasteiger partial charge in [0.05, 0.1) is 6.20 Å². The first-order valence-electron chi connectivity index (χ1n) is 6.40. The van der Waals surface area contributed by atoms with Crippen LogP contribution >= 0.6 is 0 Å². The molecule has 0 saturated heterocycles. The SMILES string of the molecule is CC(C)=C/C(=N\C=C(/C)NN)OC1=C(F)C=CCC=C1F. The molecule has 0 aromatic heterocycles. The van der Waals surface area contributed by atoms with Crippen LogP contribution in [0.15, 0.2) is 64.2 Å². The fraction of sp³-hybridized carbons (Fsp3) is 0.267. The third-order valence-corrected chi connectivity index (χ3v) is 2.36. The predicted molar refractivity (Wildman–Crippen MR) is 80.1 cm³/mol. The van der Waals surface area contributed by atoms with Crippen LogP contribution in [0.5, 0.6) is 0 Å². The molecule has 0 spiro atoms. The molecule has 0 amide bonds. The average Bonchev–Trinajstić information content (AvgIpc) is 2.58. The fourth-order valence-electron chi connectivity index (χ4n) is 1.37. The van der Waals surface area contributed by atoms with Gasteiger partial charge in [-0.3, -0.25) is 5.84 Å². The summed E-state index contributed by atoms with van der Waals surface area (Å²) >= 11 is 0. The fourth-order valence-corrected chi connectivity index (χ4v) is 1.37. The normalized spacial score (nSPS) is 16.4. The van der Waals surface area contributed by atoms with E-state index in [1.54, 1.807) is 13.0 Å². The van der Waals surface area contributed by atoms with Crippen molar-refractivity contribution in [3.05, 3.63) is 59.2 Å². The first-order valence-corrected chi connectivity index (χ1v) is 6.40. The van der Waals surface area contributed by atoms with Crippen LogP contribution in [-0.4, -0.2) is 5.90 Å². The number of aliphatic imine (C=N–C) groups is 1. The Morgan fingerprint density at radius 2 is 2.10 bits per heavy atom. The molecule has 1 rings (SSSR count). The Kier molecular flexibility index (Phi) is 6.55. The number of rotatable bonds is 4. The van der Waals surface area contributed by atoms with Crippen molar-refractivity contribution in [2.24, 2.45) is 10.8 Å². The van der Waals surface area contributed by atoms with Crippen molar-refractivity contribution < 1.29 is 13.5 Å². The molecule has 21 heavy (non-hydrogen) atoms. The van der Waals surface area contributed by atoms with Gasteiger partial charge in [-0.1, -0.05) is 11.6 Å². The van der Waals surface area contributed by atoms with E-state index in [1.807, 2.05) is 13.8 Å². The van der Waals surface area contributed by atoms with Crippen molar-refractivity contribution in [2.45, 2.75) is 27.2 Å². The smallest absolute Gasteiger partial charge is 0.219 e. The summed E-state index contributed by atoms with van der Waals surface area (Å²) < 4.78 is 32.9. The molecule has 0 fully saturated rings. The molecule has 0 saturated carbocycles. The molecule has 1 aliphatic rings. The lowest BCUT2D eigenvalue weighted by Gasteiger charge is -2.08. The highest BCUT2D eigenvalue weighted by molar-refractivity contribution is 5.89. The highest BCUT2D eigenvalue weighted by Crippen LogP contribution is 2.24. The van der Waals surface area contributed by atoms with E-state index in [0.717, 1.165) is 5.57 Å². The summed E-state index contributed by atoms with van der Waals surface area (Å²) in [5.74, 6) is 3.26. The van der Waals surface area contributed by atoms with E-state index in [-0.39, 0.29) is 5.90 Å². The number of ether oxygens (including phenoxy) is 1. The van der Waals surface area contributed by atoms with Gasteiger partial charge >= 0.3 is 0 Å². The summed E-state index contributed by atoms with van der Waals surface area (Å²) in [5.41, 5.74) is 3.84. The van der Waals surface area contributed by atoms with Gasteiger partial charge < -0.3 is 10.2 Å². The topological polar surface area (TPSA) is 59.6 Å². The zero-order valence-electron chi connectivity index (χ0n) is 12.3. The van der Waals surface area contributed by atoms with Crippen molar-refractivity contribution in [2.75, 3.05) is 0 Å². The van der Waals surface area contributed by atoms with Gasteiger partial charge in [-0.2, -0.15) is 0 Å². The van der Waals surface area contributed by atoms with Crippen molar-refractivity contribution in [3.8, 4) is 0 Å². The molecule has 0 atom stereocenters. The number of nitrogens with two attached hydrogens (primary N) is 1. The van der Waals surface area contributed by atoms with Crippen LogP contribution in [0.3, 0.4) is 0 Å². The number of halogens is 2. The van der Waals surface area contributed by atoms with Crippen molar-refractivity contribution in [3.63, 3.8) is 0 Å². The molecule has 0 radical (unpaired) electrons. The van der Waals surface area contributed by atoms with Crippen LogP contribution < -0.4 is 11.3 Å². The Balaban J connectivity index is 3.12. The first-order chi connectivity index (χ1) is 9.93. The Morgan fingerprint density at radius 3 is 2.71 bits per heavy atom. The Labute approximate surface area is 123 Å². The van der Waals surface area contributed by atoms with Gasteiger partial charge in [0.15, 0.2) is 17.4 Å². The third kappa shape index (κ3) is 5.74. The molecule has 114 valence electrons. The van der Waals surface area contributed by atoms with Gasteiger partial charge in [0, 0.05) is 5.70 Å². The second kappa shape index (κ2) is 8.16. The summed E-state index contributed by atoms with van der Waals surface area (Å²) in [4.78, 5) is 4.02. The number of hydrazine groups is 1. The second-order valence-corrected chi connectivity index (χ2v) is 4.61. The van der Waals surface area contributed by atoms with E-state index in [4.69, 9.17) is 10.6 Å². The van der Waals surface area contributed by atoms with E-state index >= 15 is 0 Å². The third-order valence-electron chi connectivity index (χ3n) is 2.36. The molecular formula is C15H19F2N3O. The van der Waals surface area contributed by atoms with Crippen LogP contribution in [0.1, 0.15) is 27.2 Å². The van der Waals surface area contributed by atoms with Gasteiger partial charge in [-0.15, -0.1) is 0 Å². The van der Waals surface area contributed by atoms with Crippen LogP contribution in [-0.2, 0) is 4.74 Å². The minimum Gasteiger partial charge on any atom is -0.433 e. The standard InChI is InChI=1S/C15H19F2N3O/c1-10(2)8-14(19-9-11(3)20-18)21-15-12(16)6-4-5-7-13(15)17/h4,6-9,20H,5,18H2,1-3H3/b11-9+,19-14+. The summed E-state index contributed by atoms with van der Waals surface area (Å²) in [6, 6.07) is 0. The molecule has 3 N–H and O–H groups in total. The van der Waals surface area contributed by atoms with Crippen molar-refractivity contribution in [1.29, 1.82) is 0 Å². The van der Waals surface area contributed by atoms with Crippen LogP contribution in [0.25, 0.3) is 0 Å². The van der Waals surface area contributed by atoms with Crippen molar-refractivity contribution >= 4 is 5.90 Å². The second-order valence-electron chi connectivity index (χ2n) is 4.61. The largest absolute Gasteiger partial charge is 0.433 e. The molecule has 4 nitrogen and oxygen atoms in total. The van der Waals surface area contributed by atoms with Crippen LogP contribution in [0.4, 0.5) is 8.78 Å². The highest BCUT2D eigenvalue weighted by Gasteiger charge is 2.16. The maximum atomic E-state index is 13.8. The summed E-state index contributed by atoms with van der Waals surface area (Å²) in [7, 11) is 0. The summed E-state index contributed by atoms with van der Waals surface area (Å²) in [6.45, 7) is 5.33. The average molecular weight is 295 g/mol. The van der Waals surface area contributed by atoms with E-state index in [2.05, 4.69) is 10.4 Å². The number of hydrogen-bond donors (Lipinski definition) is 2. The zero-order chi connectivity index (χ0) is 15.8. The maximum Gasteiger partial charge on any atom is 0.219 e. The molecule has 0 aliphatic heterocycles. The van der Waals surface area contributed by atoms with Crippen molar-refractivity contribution in [1.82, 2.24) is 5.43 Å². The molecule has 6 heteroatoms. The van der Waals surface area contributed by atoms with Gasteiger partial charge in [0.2, 0.25) is 5.90 Å². The zero-order valence-corrected chi connectivity index (χ0v) is 12.3. The summed E-state index contributed by atoms with van der Waals surface area (Å²) in [5, 5.41) is 0. The van der Waals surface area contributed by atoms with Crippen LogP contribution in [0.2, 0.25) is 0 Å². The lowest BCUT2D eigenvalue weighted by atomic mass is 10.3. The van der Waals surface area contributed by atoms with Gasteiger partial charge in [-0.25, -0.2) is 13.8 Å². The molecule has 0 unspecified atom stereocenters. The maximum absolute atomic E-state index is 13.8. The molecule has 0 heterocycles. The molecular weight excluding hydrogens is 276 g/mol. The van der Waals surface area contributed by atoms with Gasteiger partial charge in [0.1, 0.15) is 0 Å². The van der Waals surface area contributed by atoms with Crippen LogP contribution in [0, 0.1) is 0 Å². The Bertz CT molecular complexity index is 565. The highest BCUT2D eigenvalue weighted by atomic mass is 19.1. The van der Waals surface area contributed by atoms with E-state index in [0.29, 0.717) is 12.1 Å². The van der Waals surface area contributed by atoms with E-state index in [1.165, 1.54) is 24.4 Å². The summed E-state index contributed by atoms with van der Waals surface area (Å²) in [6.07, 6.45) is 7.19. The number of nitrogens with one attached hydrogen (secondary N) is 1. The lowest BCUT2D eigenvalue weighted by Crippen LogP contribution is -2.18. The molecule has 0 aromatic rings. The monoisotopic (exact) mass is 295 g/mol. The molecule has 0 aromatic carbocycles. The Morgan fingerprint density at radius 1 is 1.38 bits per heavy atom. The van der Waals surface area contributed by atoms with Gasteiger partial charge in [-0.05, 0) is 45.4 Å². The first kappa shape index (κ1) is 16.8. The predicted octanol–water partition coefficient (Wildman–Crippen LogP) is 3.69. The van der Waals surface area contributed by atoms with E-state index < -0.39 is 17.4 Å². The van der Waals surface area contributed by atoms with Gasteiger partial charge in [0.25, 0.3) is 0 Å². The molecule has 0 bridgehead atoms. The number of allylic oxidation sites excluding steroid dienone is 7. The minimum atomic E-state index is -0.784. The lowest BCUT2D eigenvalue weighted by molar-refractivity contribution is 0.374. The Hall–Kier alpha value is -2.21. The number of nitrogens with zero attached hydrogens (tertiary/aromatic N) is 1. The molecule has 1 aliphatic carbocycles. The minimum absolute atomic E-state index is 0.0635. The quantitative estimate of drug-likeness (QED) is 0.360. The number of hydrogen-bond acceptors (Lipinski definition) is 4. The van der Waals surface area contributed by atoms with E-state index in [9.17, 15) is 8.78 Å².